The topological polar surface area (TPSA) is 92.4 Å². The molecule has 0 aliphatic rings. The predicted octanol–water partition coefficient (Wildman–Crippen LogP) is 2.36. The number of nitrogens with zero attached hydrogens (tertiary/aromatic N) is 4. The number of hydrogen-bond acceptors (Lipinski definition) is 8. The number of rotatable bonds is 5. The molecule has 2 heterocycles. The van der Waals surface area contributed by atoms with Crippen molar-refractivity contribution in [2.24, 2.45) is 0 Å². The van der Waals surface area contributed by atoms with E-state index < -0.39 is 5.82 Å². The molecule has 0 saturated carbocycles. The molecule has 8 nitrogen and oxygen atoms in total. The van der Waals surface area contributed by atoms with Gasteiger partial charge in [-0.15, -0.1) is 4.98 Å². The van der Waals surface area contributed by atoms with Gasteiger partial charge in [-0.25, -0.2) is 4.39 Å². The average Bonchev–Trinajstić information content (AvgIpc) is 3.11. The van der Waals surface area contributed by atoms with E-state index in [1.807, 2.05) is 0 Å². The number of hydrogen-bond donors (Lipinski definition) is 0. The van der Waals surface area contributed by atoms with Crippen molar-refractivity contribution in [3.63, 3.8) is 0 Å². The van der Waals surface area contributed by atoms with Crippen molar-refractivity contribution in [3.05, 3.63) is 30.1 Å². The van der Waals surface area contributed by atoms with E-state index in [-0.39, 0.29) is 29.4 Å². The SMILES string of the molecule is COc1nc(OC)nc(-c2cc(-c3ccc(OC)c(F)c3)no2)n1. The Morgan fingerprint density at radius 1 is 0.917 bits per heavy atom. The molecule has 1 aromatic carbocycles. The third kappa shape index (κ3) is 2.96. The molecule has 0 N–H and O–H groups in total. The molecule has 9 heteroatoms. The number of methoxy groups -OCH3 is 3. The lowest BCUT2D eigenvalue weighted by atomic mass is 10.1. The molecule has 0 aliphatic heterocycles. The van der Waals surface area contributed by atoms with Gasteiger partial charge in [-0.3, -0.25) is 0 Å². The molecule has 3 aromatic rings. The molecule has 3 rings (SSSR count). The summed E-state index contributed by atoms with van der Waals surface area (Å²) in [6.45, 7) is 0. The zero-order chi connectivity index (χ0) is 17.1. The first-order valence-corrected chi connectivity index (χ1v) is 6.79. The molecule has 0 bridgehead atoms. The van der Waals surface area contributed by atoms with E-state index in [1.165, 1.54) is 33.5 Å². The Kier molecular flexibility index (Phi) is 4.23. The van der Waals surface area contributed by atoms with Crippen LogP contribution in [0.15, 0.2) is 28.8 Å². The Morgan fingerprint density at radius 2 is 1.62 bits per heavy atom. The van der Waals surface area contributed by atoms with Crippen molar-refractivity contribution in [3.8, 4) is 40.6 Å². The van der Waals surface area contributed by atoms with Gasteiger partial charge in [0.15, 0.2) is 11.6 Å². The zero-order valence-electron chi connectivity index (χ0n) is 13.1. The fourth-order valence-corrected chi connectivity index (χ4v) is 1.97. The molecule has 0 radical (unpaired) electrons. The van der Waals surface area contributed by atoms with E-state index in [9.17, 15) is 4.39 Å². The number of halogens is 1. The molecule has 0 atom stereocenters. The maximum atomic E-state index is 13.8. The minimum absolute atomic E-state index is 0.0743. The maximum Gasteiger partial charge on any atom is 0.323 e. The molecule has 24 heavy (non-hydrogen) atoms. The monoisotopic (exact) mass is 332 g/mol. The Labute approximate surface area is 136 Å². The molecule has 124 valence electrons. The van der Waals surface area contributed by atoms with Crippen molar-refractivity contribution in [2.45, 2.75) is 0 Å². The number of benzene rings is 1. The van der Waals surface area contributed by atoms with Gasteiger partial charge in [0.2, 0.25) is 11.6 Å². The van der Waals surface area contributed by atoms with Crippen LogP contribution in [0.2, 0.25) is 0 Å². The first-order valence-electron chi connectivity index (χ1n) is 6.79. The lowest BCUT2D eigenvalue weighted by molar-refractivity contribution is 0.339. The molecule has 0 aliphatic carbocycles. The highest BCUT2D eigenvalue weighted by Gasteiger charge is 2.16. The van der Waals surface area contributed by atoms with Gasteiger partial charge < -0.3 is 18.7 Å². The van der Waals surface area contributed by atoms with Crippen molar-refractivity contribution < 1.29 is 23.1 Å². The fraction of sp³-hybridized carbons (Fsp3) is 0.200. The fourth-order valence-electron chi connectivity index (χ4n) is 1.97. The van der Waals surface area contributed by atoms with Gasteiger partial charge in [-0.1, -0.05) is 5.16 Å². The van der Waals surface area contributed by atoms with Gasteiger partial charge in [-0.2, -0.15) is 9.97 Å². The lowest BCUT2D eigenvalue weighted by Crippen LogP contribution is -2.00. The average molecular weight is 332 g/mol. The predicted molar refractivity (Wildman–Crippen MR) is 80.4 cm³/mol. The van der Waals surface area contributed by atoms with Crippen LogP contribution in [0, 0.1) is 5.82 Å². The van der Waals surface area contributed by atoms with Crippen LogP contribution in [0.4, 0.5) is 4.39 Å². The van der Waals surface area contributed by atoms with E-state index in [0.717, 1.165) is 0 Å². The Morgan fingerprint density at radius 3 is 2.21 bits per heavy atom. The second-order valence-electron chi connectivity index (χ2n) is 4.56. The summed E-state index contributed by atoms with van der Waals surface area (Å²) >= 11 is 0. The van der Waals surface area contributed by atoms with E-state index in [2.05, 4.69) is 20.1 Å². The second kappa shape index (κ2) is 6.49. The standard InChI is InChI=1S/C15H13FN4O4/c1-21-11-5-4-8(6-9(11)16)10-7-12(24-20-10)13-17-14(22-2)19-15(18-13)23-3/h4-7H,1-3H3. The normalized spacial score (nSPS) is 10.5. The first kappa shape index (κ1) is 15.7. The highest BCUT2D eigenvalue weighted by Crippen LogP contribution is 2.28. The van der Waals surface area contributed by atoms with Crippen LogP contribution in [0.3, 0.4) is 0 Å². The van der Waals surface area contributed by atoms with E-state index in [1.54, 1.807) is 12.1 Å². The first-order chi connectivity index (χ1) is 11.6. The Hall–Kier alpha value is -3.23. The smallest absolute Gasteiger partial charge is 0.323 e. The molecule has 0 unspecified atom stereocenters. The highest BCUT2D eigenvalue weighted by atomic mass is 19.1. The summed E-state index contributed by atoms with van der Waals surface area (Å²) in [6.07, 6.45) is 0. The molecule has 0 fully saturated rings. The second-order valence-corrected chi connectivity index (χ2v) is 4.56. The number of aromatic nitrogens is 4. The molecule has 0 amide bonds. The Bertz CT molecular complexity index is 846. The minimum atomic E-state index is -0.497. The Balaban J connectivity index is 1.97. The van der Waals surface area contributed by atoms with Crippen molar-refractivity contribution in [1.29, 1.82) is 0 Å². The minimum Gasteiger partial charge on any atom is -0.494 e. The van der Waals surface area contributed by atoms with Crippen LogP contribution in [0.5, 0.6) is 17.8 Å². The van der Waals surface area contributed by atoms with Crippen molar-refractivity contribution in [1.82, 2.24) is 20.1 Å². The van der Waals surface area contributed by atoms with E-state index >= 15 is 0 Å². The summed E-state index contributed by atoms with van der Waals surface area (Å²) in [6, 6.07) is 6.20. The largest absolute Gasteiger partial charge is 0.494 e. The molecular formula is C15H13FN4O4. The zero-order valence-corrected chi connectivity index (χ0v) is 13.1. The summed E-state index contributed by atoms with van der Waals surface area (Å²) < 4.78 is 33.9. The summed E-state index contributed by atoms with van der Waals surface area (Å²) in [5.74, 6) is 0.101. The van der Waals surface area contributed by atoms with Crippen molar-refractivity contribution >= 4 is 0 Å². The van der Waals surface area contributed by atoms with Gasteiger partial charge in [0.1, 0.15) is 5.69 Å². The third-order valence-electron chi connectivity index (χ3n) is 3.14. The molecule has 2 aromatic heterocycles. The van der Waals surface area contributed by atoms with Crippen molar-refractivity contribution in [2.75, 3.05) is 21.3 Å². The van der Waals surface area contributed by atoms with Gasteiger partial charge in [0.25, 0.3) is 0 Å². The van der Waals surface area contributed by atoms with Crippen LogP contribution < -0.4 is 14.2 Å². The van der Waals surface area contributed by atoms with Crippen LogP contribution >= 0.6 is 0 Å². The van der Waals surface area contributed by atoms with Crippen LogP contribution in [-0.2, 0) is 0 Å². The van der Waals surface area contributed by atoms with Crippen LogP contribution in [-0.4, -0.2) is 41.4 Å². The van der Waals surface area contributed by atoms with Gasteiger partial charge in [0.05, 0.1) is 21.3 Å². The summed E-state index contributed by atoms with van der Waals surface area (Å²) in [4.78, 5) is 12.0. The summed E-state index contributed by atoms with van der Waals surface area (Å²) in [7, 11) is 4.24. The maximum absolute atomic E-state index is 13.8. The van der Waals surface area contributed by atoms with Gasteiger partial charge >= 0.3 is 12.0 Å². The molecule has 0 saturated heterocycles. The van der Waals surface area contributed by atoms with E-state index in [4.69, 9.17) is 18.7 Å². The highest BCUT2D eigenvalue weighted by molar-refractivity contribution is 5.64. The summed E-state index contributed by atoms with van der Waals surface area (Å²) in [5, 5.41) is 3.91. The molecule has 0 spiro atoms. The quantitative estimate of drug-likeness (QED) is 0.703. The van der Waals surface area contributed by atoms with Crippen LogP contribution in [0.1, 0.15) is 0 Å². The van der Waals surface area contributed by atoms with Gasteiger partial charge in [-0.05, 0) is 18.2 Å². The number of ether oxygens (including phenoxy) is 3. The van der Waals surface area contributed by atoms with Crippen LogP contribution in [0.25, 0.3) is 22.8 Å². The third-order valence-corrected chi connectivity index (χ3v) is 3.14. The van der Waals surface area contributed by atoms with Gasteiger partial charge in [0, 0.05) is 11.6 Å². The molecular weight excluding hydrogens is 319 g/mol. The summed E-state index contributed by atoms with van der Waals surface area (Å²) in [5.41, 5.74) is 0.946. The lowest BCUT2D eigenvalue weighted by Gasteiger charge is -2.02. The van der Waals surface area contributed by atoms with E-state index in [0.29, 0.717) is 11.3 Å².